The number of hydrogen-bond donors (Lipinski definition) is 1. The Hall–Kier alpha value is -1.69. The molecule has 6 heteroatoms. The van der Waals surface area contributed by atoms with Gasteiger partial charge in [-0.25, -0.2) is 9.67 Å². The van der Waals surface area contributed by atoms with Gasteiger partial charge < -0.3 is 5.32 Å². The predicted octanol–water partition coefficient (Wildman–Crippen LogP) is 2.01. The third-order valence-electron chi connectivity index (χ3n) is 2.75. The van der Waals surface area contributed by atoms with Gasteiger partial charge in [-0.3, -0.25) is 4.79 Å². The third-order valence-corrected chi connectivity index (χ3v) is 3.62. The van der Waals surface area contributed by atoms with E-state index in [9.17, 15) is 4.79 Å². The van der Waals surface area contributed by atoms with Gasteiger partial charge in [0.1, 0.15) is 0 Å². The van der Waals surface area contributed by atoms with Crippen molar-refractivity contribution < 1.29 is 4.79 Å². The highest BCUT2D eigenvalue weighted by Crippen LogP contribution is 2.17. The molecule has 0 spiro atoms. The molecule has 0 aliphatic rings. The van der Waals surface area contributed by atoms with Gasteiger partial charge in [0, 0.05) is 30.5 Å². The molecular formula is C13H18N4OS. The zero-order valence-corrected chi connectivity index (χ0v) is 12.3. The van der Waals surface area contributed by atoms with Crippen LogP contribution in [0.4, 0.5) is 0 Å². The maximum atomic E-state index is 11.1. The van der Waals surface area contributed by atoms with Crippen molar-refractivity contribution in [1.29, 1.82) is 0 Å². The normalized spacial score (nSPS) is 10.7. The molecule has 1 N–H and O–H groups in total. The fraction of sp³-hybridized carbons (Fsp3) is 0.462. The topological polar surface area (TPSA) is 59.8 Å². The van der Waals surface area contributed by atoms with E-state index < -0.39 is 0 Å². The molecule has 0 aliphatic carbocycles. The van der Waals surface area contributed by atoms with Crippen molar-refractivity contribution in [3.05, 3.63) is 28.5 Å². The molecule has 0 bridgehead atoms. The molecular weight excluding hydrogens is 260 g/mol. The van der Waals surface area contributed by atoms with Crippen LogP contribution in [0.5, 0.6) is 0 Å². The number of hydrogen-bond acceptors (Lipinski definition) is 4. The summed E-state index contributed by atoms with van der Waals surface area (Å²) in [6.07, 6.45) is 1.27. The Bertz CT molecular complexity index is 573. The van der Waals surface area contributed by atoms with Crippen LogP contribution in [0.2, 0.25) is 0 Å². The fourth-order valence-electron chi connectivity index (χ4n) is 1.79. The van der Waals surface area contributed by atoms with Crippen molar-refractivity contribution in [3.63, 3.8) is 0 Å². The summed E-state index contributed by atoms with van der Waals surface area (Å²) in [5, 5.41) is 10.2. The predicted molar refractivity (Wildman–Crippen MR) is 75.7 cm³/mol. The van der Waals surface area contributed by atoms with Crippen LogP contribution in [-0.4, -0.2) is 27.2 Å². The zero-order valence-electron chi connectivity index (χ0n) is 11.4. The number of aromatic nitrogens is 3. The van der Waals surface area contributed by atoms with Crippen LogP contribution in [0, 0.1) is 13.8 Å². The molecule has 0 saturated heterocycles. The lowest BCUT2D eigenvalue weighted by Crippen LogP contribution is -2.24. The van der Waals surface area contributed by atoms with Crippen LogP contribution < -0.4 is 5.32 Å². The van der Waals surface area contributed by atoms with Crippen molar-refractivity contribution in [1.82, 2.24) is 20.1 Å². The second-order valence-electron chi connectivity index (χ2n) is 4.41. The first-order valence-electron chi connectivity index (χ1n) is 6.35. The highest BCUT2D eigenvalue weighted by atomic mass is 32.1. The summed E-state index contributed by atoms with van der Waals surface area (Å²) < 4.78 is 1.86. The molecule has 102 valence electrons. The Balaban J connectivity index is 1.99. The molecule has 0 radical (unpaired) electrons. The molecule has 0 saturated carbocycles. The van der Waals surface area contributed by atoms with Gasteiger partial charge in [-0.2, -0.15) is 5.10 Å². The molecule has 0 fully saturated rings. The van der Waals surface area contributed by atoms with E-state index in [1.54, 1.807) is 11.3 Å². The molecule has 0 unspecified atom stereocenters. The molecule has 5 nitrogen and oxygen atoms in total. The largest absolute Gasteiger partial charge is 0.356 e. The van der Waals surface area contributed by atoms with E-state index in [0.717, 1.165) is 28.6 Å². The molecule has 1 amide bonds. The van der Waals surface area contributed by atoms with E-state index in [-0.39, 0.29) is 5.91 Å². The van der Waals surface area contributed by atoms with Gasteiger partial charge in [-0.1, -0.05) is 6.92 Å². The first-order chi connectivity index (χ1) is 9.10. The Morgan fingerprint density at radius 1 is 1.47 bits per heavy atom. The van der Waals surface area contributed by atoms with Gasteiger partial charge >= 0.3 is 0 Å². The summed E-state index contributed by atoms with van der Waals surface area (Å²) >= 11 is 1.57. The van der Waals surface area contributed by atoms with Crippen molar-refractivity contribution >= 4 is 17.2 Å². The summed E-state index contributed by atoms with van der Waals surface area (Å²) in [7, 11) is 0. The molecule has 2 heterocycles. The lowest BCUT2D eigenvalue weighted by molar-refractivity contribution is -0.120. The number of amides is 1. The molecule has 2 rings (SSSR count). The van der Waals surface area contributed by atoms with Gasteiger partial charge in [-0.15, -0.1) is 11.3 Å². The smallest absolute Gasteiger partial charge is 0.219 e. The second kappa shape index (κ2) is 5.97. The molecule has 0 aliphatic heterocycles. The van der Waals surface area contributed by atoms with Crippen molar-refractivity contribution in [3.8, 4) is 5.13 Å². The van der Waals surface area contributed by atoms with Crippen LogP contribution in [0.25, 0.3) is 5.13 Å². The average molecular weight is 278 g/mol. The number of rotatable bonds is 5. The van der Waals surface area contributed by atoms with Crippen LogP contribution in [0.3, 0.4) is 0 Å². The Morgan fingerprint density at radius 3 is 2.89 bits per heavy atom. The summed E-state index contributed by atoms with van der Waals surface area (Å²) in [5.74, 6) is 0.0778. The second-order valence-corrected chi connectivity index (χ2v) is 5.25. The van der Waals surface area contributed by atoms with E-state index in [4.69, 9.17) is 0 Å². The maximum absolute atomic E-state index is 11.1. The SMILES string of the molecule is CCC(=O)NCCc1csc(-n2nc(C)cc2C)n1. The summed E-state index contributed by atoms with van der Waals surface area (Å²) in [6, 6.07) is 2.03. The summed E-state index contributed by atoms with van der Waals surface area (Å²) in [5.41, 5.74) is 3.06. The Morgan fingerprint density at radius 2 is 2.26 bits per heavy atom. The fourth-order valence-corrected chi connectivity index (χ4v) is 2.65. The molecule has 19 heavy (non-hydrogen) atoms. The van der Waals surface area contributed by atoms with E-state index in [1.165, 1.54) is 0 Å². The van der Waals surface area contributed by atoms with E-state index in [1.807, 2.05) is 36.9 Å². The minimum absolute atomic E-state index is 0.0778. The number of aryl methyl sites for hydroxylation is 2. The number of nitrogens with one attached hydrogen (secondary N) is 1. The van der Waals surface area contributed by atoms with Gasteiger partial charge in [0.05, 0.1) is 11.4 Å². The Kier molecular flexibility index (Phi) is 4.31. The standard InChI is InChI=1S/C13H18N4OS/c1-4-12(18)14-6-5-11-8-19-13(15-11)17-10(3)7-9(2)16-17/h7-8H,4-6H2,1-3H3,(H,14,18). The van der Waals surface area contributed by atoms with Crippen LogP contribution in [-0.2, 0) is 11.2 Å². The number of carbonyl (C=O) groups excluding carboxylic acids is 1. The highest BCUT2D eigenvalue weighted by molar-refractivity contribution is 7.12. The van der Waals surface area contributed by atoms with E-state index in [2.05, 4.69) is 15.4 Å². The first kappa shape index (κ1) is 13.7. The molecule has 2 aromatic rings. The van der Waals surface area contributed by atoms with Crippen molar-refractivity contribution in [2.75, 3.05) is 6.54 Å². The zero-order chi connectivity index (χ0) is 13.8. The van der Waals surface area contributed by atoms with Gasteiger partial charge in [0.2, 0.25) is 11.0 Å². The van der Waals surface area contributed by atoms with E-state index >= 15 is 0 Å². The Labute approximate surface area is 116 Å². The molecule has 0 aromatic carbocycles. The highest BCUT2D eigenvalue weighted by Gasteiger charge is 2.08. The summed E-state index contributed by atoms with van der Waals surface area (Å²) in [6.45, 7) is 6.47. The van der Waals surface area contributed by atoms with Crippen LogP contribution in [0.1, 0.15) is 30.4 Å². The van der Waals surface area contributed by atoms with Gasteiger partial charge in [-0.05, 0) is 19.9 Å². The lowest BCUT2D eigenvalue weighted by atomic mass is 10.3. The van der Waals surface area contributed by atoms with Crippen molar-refractivity contribution in [2.24, 2.45) is 0 Å². The minimum Gasteiger partial charge on any atom is -0.356 e. The minimum atomic E-state index is 0.0778. The quantitative estimate of drug-likeness (QED) is 0.910. The molecule has 2 aromatic heterocycles. The number of carbonyl (C=O) groups is 1. The summed E-state index contributed by atoms with van der Waals surface area (Å²) in [4.78, 5) is 15.7. The average Bonchev–Trinajstić information content (AvgIpc) is 2.95. The monoisotopic (exact) mass is 278 g/mol. The van der Waals surface area contributed by atoms with Crippen LogP contribution >= 0.6 is 11.3 Å². The third kappa shape index (κ3) is 3.41. The van der Waals surface area contributed by atoms with Gasteiger partial charge in [0.15, 0.2) is 0 Å². The van der Waals surface area contributed by atoms with Crippen molar-refractivity contribution in [2.45, 2.75) is 33.6 Å². The number of nitrogens with zero attached hydrogens (tertiary/aromatic N) is 3. The number of thiazole rings is 1. The lowest BCUT2D eigenvalue weighted by Gasteiger charge is -2.01. The van der Waals surface area contributed by atoms with Crippen LogP contribution in [0.15, 0.2) is 11.4 Å². The van der Waals surface area contributed by atoms with Gasteiger partial charge in [0.25, 0.3) is 0 Å². The maximum Gasteiger partial charge on any atom is 0.219 e. The first-order valence-corrected chi connectivity index (χ1v) is 7.23. The van der Waals surface area contributed by atoms with E-state index in [0.29, 0.717) is 13.0 Å². The molecule has 0 atom stereocenters.